The molecule has 1 aliphatic carbocycles. The number of carbonyl (C=O) groups excluding carboxylic acids is 3. The molecule has 0 bridgehead atoms. The predicted octanol–water partition coefficient (Wildman–Crippen LogP) is 3.79. The van der Waals surface area contributed by atoms with Crippen LogP contribution in [0.2, 0.25) is 0 Å². The third kappa shape index (κ3) is 10.7. The summed E-state index contributed by atoms with van der Waals surface area (Å²) in [5.41, 5.74) is 2.12. The Morgan fingerprint density at radius 2 is 1.73 bits per heavy atom. The number of nitrogens with zero attached hydrogens (tertiary/aromatic N) is 2. The van der Waals surface area contributed by atoms with Crippen molar-refractivity contribution >= 4 is 49.1 Å². The van der Waals surface area contributed by atoms with Crippen LogP contribution < -0.4 is 16.0 Å². The van der Waals surface area contributed by atoms with Gasteiger partial charge in [0, 0.05) is 51.0 Å². The molecule has 2 aromatic rings. The molecule has 1 saturated carbocycles. The highest BCUT2D eigenvalue weighted by molar-refractivity contribution is 7.91. The van der Waals surface area contributed by atoms with Crippen LogP contribution in [-0.4, -0.2) is 85.8 Å². The molecule has 2 fully saturated rings. The molecule has 1 aromatic carbocycles. The molecule has 0 radical (unpaired) electrons. The highest BCUT2D eigenvalue weighted by Crippen LogP contribution is 2.28. The van der Waals surface area contributed by atoms with Gasteiger partial charge in [-0.05, 0) is 36.0 Å². The highest BCUT2D eigenvalue weighted by atomic mass is 32.2. The molecule has 1 aromatic heterocycles. The van der Waals surface area contributed by atoms with Gasteiger partial charge in [-0.25, -0.2) is 13.4 Å². The van der Waals surface area contributed by atoms with Crippen molar-refractivity contribution in [1.29, 1.82) is 0 Å². The normalized spacial score (nSPS) is 19.6. The van der Waals surface area contributed by atoms with Gasteiger partial charge < -0.3 is 20.9 Å². The van der Waals surface area contributed by atoms with Gasteiger partial charge in [0.2, 0.25) is 17.7 Å². The van der Waals surface area contributed by atoms with Crippen LogP contribution in [0.15, 0.2) is 18.2 Å². The smallest absolute Gasteiger partial charge is 0.243 e. The second kappa shape index (κ2) is 16.3. The molecule has 12 heteroatoms. The minimum Gasteiger partial charge on any atom is -0.354 e. The number of sulfone groups is 1. The summed E-state index contributed by atoms with van der Waals surface area (Å²) in [7, 11) is -2.98. The van der Waals surface area contributed by atoms with E-state index in [0.717, 1.165) is 34.5 Å². The van der Waals surface area contributed by atoms with Crippen LogP contribution in [0.5, 0.6) is 0 Å². The summed E-state index contributed by atoms with van der Waals surface area (Å²) in [6, 6.07) is 5.20. The van der Waals surface area contributed by atoms with Crippen LogP contribution in [0.25, 0.3) is 10.2 Å². The standard InChI is InChI=1S/C33H51N5O5S2/c1-5-30(39)36-28(19-31-37-27-12-11-25(22(2)3)18-29(27)44-31)33(41)35-26(17-24-9-7-6-8-10-24)20-34-32(40)23(4)21-38-13-15-45(42,43)16-14-38/h11-12,18,22-24,26,28H,5-10,13-17,19-21H2,1-4H3,(H,34,40)(H,35,41)(H,36,39)/t23?,26-,28-/m0/s1. The van der Waals surface area contributed by atoms with Crippen molar-refractivity contribution in [3.8, 4) is 0 Å². The van der Waals surface area contributed by atoms with E-state index in [2.05, 4.69) is 41.9 Å². The van der Waals surface area contributed by atoms with Gasteiger partial charge >= 0.3 is 0 Å². The molecule has 3 atom stereocenters. The lowest BCUT2D eigenvalue weighted by molar-refractivity contribution is -0.129. The maximum absolute atomic E-state index is 13.8. The second-order valence-electron chi connectivity index (χ2n) is 13.2. The Bertz CT molecular complexity index is 1410. The summed E-state index contributed by atoms with van der Waals surface area (Å²) in [6.07, 6.45) is 7.10. The Labute approximate surface area is 272 Å². The fourth-order valence-corrected chi connectivity index (χ4v) is 8.57. The van der Waals surface area contributed by atoms with Crippen LogP contribution in [0.4, 0.5) is 0 Å². The zero-order valence-corrected chi connectivity index (χ0v) is 28.9. The van der Waals surface area contributed by atoms with Crippen LogP contribution in [0, 0.1) is 11.8 Å². The lowest BCUT2D eigenvalue weighted by atomic mass is 9.84. The number of thiazole rings is 1. The molecule has 10 nitrogen and oxygen atoms in total. The van der Waals surface area contributed by atoms with E-state index < -0.39 is 15.9 Å². The molecule has 0 spiro atoms. The van der Waals surface area contributed by atoms with Crippen LogP contribution in [-0.2, 0) is 30.6 Å². The number of nitrogens with one attached hydrogen (secondary N) is 3. The topological polar surface area (TPSA) is 138 Å². The quantitative estimate of drug-likeness (QED) is 0.280. The third-order valence-electron chi connectivity index (χ3n) is 9.10. The van der Waals surface area contributed by atoms with Gasteiger partial charge in [0.05, 0.1) is 26.7 Å². The lowest BCUT2D eigenvalue weighted by Gasteiger charge is -2.30. The summed E-state index contributed by atoms with van der Waals surface area (Å²) >= 11 is 1.55. The number of carbonyl (C=O) groups is 3. The van der Waals surface area contributed by atoms with Gasteiger partial charge in [-0.3, -0.25) is 14.4 Å². The summed E-state index contributed by atoms with van der Waals surface area (Å²) in [4.78, 5) is 46.2. The number of benzene rings is 1. The van der Waals surface area contributed by atoms with Crippen molar-refractivity contribution in [3.05, 3.63) is 28.8 Å². The van der Waals surface area contributed by atoms with E-state index in [9.17, 15) is 22.8 Å². The Morgan fingerprint density at radius 3 is 2.40 bits per heavy atom. The fourth-order valence-electron chi connectivity index (χ4n) is 6.24. The molecule has 1 saturated heterocycles. The third-order valence-corrected chi connectivity index (χ3v) is 11.8. The van der Waals surface area contributed by atoms with Gasteiger partial charge in [-0.2, -0.15) is 0 Å². The fraction of sp³-hybridized carbons (Fsp3) is 0.697. The summed E-state index contributed by atoms with van der Waals surface area (Å²) in [6.45, 7) is 9.60. The van der Waals surface area contributed by atoms with E-state index in [-0.39, 0.29) is 47.6 Å². The molecule has 45 heavy (non-hydrogen) atoms. The Kier molecular flexibility index (Phi) is 12.8. The SMILES string of the molecule is CCC(=O)N[C@@H](Cc1nc2ccc(C(C)C)cc2s1)C(=O)N[C@H](CNC(=O)C(C)CN1CCS(=O)(=O)CC1)CC1CCCCC1. The summed E-state index contributed by atoms with van der Waals surface area (Å²) < 4.78 is 24.6. The maximum Gasteiger partial charge on any atom is 0.243 e. The largest absolute Gasteiger partial charge is 0.354 e. The van der Waals surface area contributed by atoms with E-state index in [0.29, 0.717) is 44.4 Å². The van der Waals surface area contributed by atoms with Crippen molar-refractivity contribution in [1.82, 2.24) is 25.8 Å². The Balaban J connectivity index is 1.42. The first-order valence-electron chi connectivity index (χ1n) is 16.6. The first-order valence-corrected chi connectivity index (χ1v) is 19.3. The van der Waals surface area contributed by atoms with Gasteiger partial charge in [-0.1, -0.05) is 65.9 Å². The molecular formula is C33H51N5O5S2. The molecule has 1 unspecified atom stereocenters. The van der Waals surface area contributed by atoms with Crippen molar-refractivity contribution in [2.45, 2.75) is 97.1 Å². The van der Waals surface area contributed by atoms with Crippen LogP contribution >= 0.6 is 11.3 Å². The van der Waals surface area contributed by atoms with Crippen molar-refractivity contribution in [2.24, 2.45) is 11.8 Å². The second-order valence-corrected chi connectivity index (χ2v) is 16.6. The maximum atomic E-state index is 13.8. The average molecular weight is 662 g/mol. The molecule has 1 aliphatic heterocycles. The predicted molar refractivity (Wildman–Crippen MR) is 180 cm³/mol. The van der Waals surface area contributed by atoms with Gasteiger partial charge in [0.15, 0.2) is 9.84 Å². The van der Waals surface area contributed by atoms with Crippen molar-refractivity contribution in [2.75, 3.05) is 37.7 Å². The number of fused-ring (bicyclic) bond motifs is 1. The minimum absolute atomic E-state index is 0.114. The molecule has 4 rings (SSSR count). The average Bonchev–Trinajstić information content (AvgIpc) is 3.42. The number of amides is 3. The first kappa shape index (κ1) is 35.3. The number of hydrogen-bond donors (Lipinski definition) is 3. The summed E-state index contributed by atoms with van der Waals surface area (Å²) in [5.74, 6) is 0.227. The zero-order valence-electron chi connectivity index (χ0n) is 27.3. The number of aromatic nitrogens is 1. The van der Waals surface area contributed by atoms with E-state index in [1.165, 1.54) is 24.8 Å². The molecule has 2 aliphatic rings. The highest BCUT2D eigenvalue weighted by Gasteiger charge is 2.29. The van der Waals surface area contributed by atoms with Crippen molar-refractivity contribution < 1.29 is 22.8 Å². The molecule has 3 N–H and O–H groups in total. The number of hydrogen-bond acceptors (Lipinski definition) is 8. The van der Waals surface area contributed by atoms with Crippen molar-refractivity contribution in [3.63, 3.8) is 0 Å². The molecule has 3 amide bonds. The molecule has 2 heterocycles. The Hall–Kier alpha value is -2.57. The van der Waals surface area contributed by atoms with E-state index in [4.69, 9.17) is 4.98 Å². The Morgan fingerprint density at radius 1 is 1.02 bits per heavy atom. The molecule has 250 valence electrons. The van der Waals surface area contributed by atoms with Crippen LogP contribution in [0.1, 0.15) is 89.1 Å². The lowest BCUT2D eigenvalue weighted by Crippen LogP contribution is -2.54. The van der Waals surface area contributed by atoms with E-state index in [1.54, 1.807) is 18.3 Å². The van der Waals surface area contributed by atoms with Gasteiger partial charge in [0.1, 0.15) is 6.04 Å². The van der Waals surface area contributed by atoms with Crippen LogP contribution in [0.3, 0.4) is 0 Å². The number of rotatable bonds is 14. The monoisotopic (exact) mass is 661 g/mol. The molecular weight excluding hydrogens is 611 g/mol. The van der Waals surface area contributed by atoms with E-state index >= 15 is 0 Å². The minimum atomic E-state index is -2.98. The first-order chi connectivity index (χ1) is 21.4. The summed E-state index contributed by atoms with van der Waals surface area (Å²) in [5, 5.41) is 9.95. The van der Waals surface area contributed by atoms with E-state index in [1.807, 2.05) is 17.9 Å². The van der Waals surface area contributed by atoms with Gasteiger partial charge in [0.25, 0.3) is 0 Å². The zero-order chi connectivity index (χ0) is 32.6. The van der Waals surface area contributed by atoms with Gasteiger partial charge in [-0.15, -0.1) is 11.3 Å².